The Labute approximate surface area is 128 Å². The van der Waals surface area contributed by atoms with E-state index in [1.165, 1.54) is 12.1 Å². The molecule has 0 spiro atoms. The monoisotopic (exact) mass is 344 g/mol. The van der Waals surface area contributed by atoms with Crippen molar-refractivity contribution in [3.8, 4) is 0 Å². The fourth-order valence-corrected chi connectivity index (χ4v) is 2.43. The van der Waals surface area contributed by atoms with Crippen LogP contribution in [0.2, 0.25) is 0 Å². The lowest BCUT2D eigenvalue weighted by Crippen LogP contribution is -2.41. The smallest absolute Gasteiger partial charge is 0.282 e. The molecular formula is C14H14F6OS. The summed E-state index contributed by atoms with van der Waals surface area (Å²) in [6.45, 7) is 0. The third kappa shape index (κ3) is 5.55. The molecule has 0 aromatic heterocycles. The Morgan fingerprint density at radius 3 is 2.18 bits per heavy atom. The summed E-state index contributed by atoms with van der Waals surface area (Å²) in [4.78, 5) is 11.6. The Hall–Kier alpha value is -1.18. The van der Waals surface area contributed by atoms with Crippen molar-refractivity contribution in [1.29, 1.82) is 0 Å². The zero-order chi connectivity index (χ0) is 16.8. The molecule has 0 fully saturated rings. The number of benzene rings is 1. The Morgan fingerprint density at radius 2 is 1.64 bits per heavy atom. The van der Waals surface area contributed by atoms with Crippen molar-refractivity contribution >= 4 is 16.9 Å². The number of hydrogen-bond donors (Lipinski definition) is 0. The molecule has 22 heavy (non-hydrogen) atoms. The fourth-order valence-electron chi connectivity index (χ4n) is 1.61. The third-order valence-electron chi connectivity index (χ3n) is 2.83. The van der Waals surface area contributed by atoms with Crippen LogP contribution in [0.4, 0.5) is 26.3 Å². The van der Waals surface area contributed by atoms with E-state index in [2.05, 4.69) is 0 Å². The Bertz CT molecular complexity index is 468. The number of carbonyl (C=O) groups excluding carboxylic acids is 1. The molecule has 2 atom stereocenters. The average Bonchev–Trinajstić information content (AvgIpc) is 2.47. The predicted molar refractivity (Wildman–Crippen MR) is 73.2 cm³/mol. The number of rotatable bonds is 8. The maximum absolute atomic E-state index is 13.4. The Balaban J connectivity index is 2.45. The molecule has 0 aliphatic rings. The van der Waals surface area contributed by atoms with Gasteiger partial charge in [-0.15, -0.1) is 0 Å². The van der Waals surface area contributed by atoms with Gasteiger partial charge < -0.3 is 0 Å². The van der Waals surface area contributed by atoms with Gasteiger partial charge in [0.1, 0.15) is 0 Å². The van der Waals surface area contributed by atoms with Crippen LogP contribution in [0, 0.1) is 0 Å². The van der Waals surface area contributed by atoms with E-state index in [4.69, 9.17) is 0 Å². The van der Waals surface area contributed by atoms with Gasteiger partial charge in [0.25, 0.3) is 0 Å². The van der Waals surface area contributed by atoms with Crippen LogP contribution >= 0.6 is 11.8 Å². The molecule has 0 aliphatic carbocycles. The zero-order valence-electron chi connectivity index (χ0n) is 11.3. The van der Waals surface area contributed by atoms with Gasteiger partial charge in [0, 0.05) is 17.7 Å². The van der Waals surface area contributed by atoms with Crippen LogP contribution in [-0.2, 0) is 0 Å². The van der Waals surface area contributed by atoms with E-state index in [1.54, 1.807) is 18.2 Å². The van der Waals surface area contributed by atoms with E-state index in [1.807, 2.05) is 0 Å². The molecule has 0 aliphatic heterocycles. The van der Waals surface area contributed by atoms with Gasteiger partial charge in [-0.3, -0.25) is 4.79 Å². The van der Waals surface area contributed by atoms with Gasteiger partial charge in [-0.2, -0.15) is 0 Å². The largest absolute Gasteiger partial charge is 0.309 e. The maximum atomic E-state index is 13.4. The maximum Gasteiger partial charge on any atom is 0.309 e. The number of hydrogen-bond acceptors (Lipinski definition) is 2. The molecule has 0 N–H and O–H groups in total. The van der Waals surface area contributed by atoms with Crippen LogP contribution < -0.4 is 0 Å². The number of carbonyl (C=O) groups is 1. The first-order valence-electron chi connectivity index (χ1n) is 6.41. The molecular weight excluding hydrogens is 330 g/mol. The van der Waals surface area contributed by atoms with Gasteiger partial charge in [-0.05, 0) is 6.42 Å². The molecule has 1 nitrogen and oxygen atoms in total. The normalized spacial score (nSPS) is 14.9. The average molecular weight is 344 g/mol. The van der Waals surface area contributed by atoms with Gasteiger partial charge in [0.15, 0.2) is 12.3 Å². The highest BCUT2D eigenvalue weighted by atomic mass is 32.2. The standard InChI is InChI=1S/C14H14F6OS/c15-10(14(19,20)11(16)8-12(17)18)6-7-22-13(21)9-4-2-1-3-5-9/h1-5,10-12H,6-8H2. The summed E-state index contributed by atoms with van der Waals surface area (Å²) in [5.41, 5.74) is 0.329. The highest BCUT2D eigenvalue weighted by molar-refractivity contribution is 8.14. The molecule has 0 radical (unpaired) electrons. The van der Waals surface area contributed by atoms with Gasteiger partial charge in [0.05, 0.1) is 0 Å². The summed E-state index contributed by atoms with van der Waals surface area (Å²) in [7, 11) is 0. The van der Waals surface area contributed by atoms with E-state index in [9.17, 15) is 31.1 Å². The minimum absolute atomic E-state index is 0.300. The summed E-state index contributed by atoms with van der Waals surface area (Å²) < 4.78 is 76.6. The van der Waals surface area contributed by atoms with Gasteiger partial charge in [0.2, 0.25) is 11.5 Å². The summed E-state index contributed by atoms with van der Waals surface area (Å²) in [5.74, 6) is -4.79. The van der Waals surface area contributed by atoms with Gasteiger partial charge >= 0.3 is 5.92 Å². The summed E-state index contributed by atoms with van der Waals surface area (Å²) in [5, 5.41) is -0.430. The first kappa shape index (κ1) is 18.9. The predicted octanol–water partition coefficient (Wildman–Crippen LogP) is 4.92. The second kappa shape index (κ2) is 8.45. The molecule has 0 amide bonds. The van der Waals surface area contributed by atoms with E-state index in [-0.39, 0.29) is 5.75 Å². The molecule has 0 bridgehead atoms. The van der Waals surface area contributed by atoms with Crippen LogP contribution in [0.1, 0.15) is 23.2 Å². The molecule has 1 aromatic rings. The molecule has 0 saturated heterocycles. The van der Waals surface area contributed by atoms with Gasteiger partial charge in [-0.25, -0.2) is 26.3 Å². The summed E-state index contributed by atoms with van der Waals surface area (Å²) in [6, 6.07) is 7.92. The van der Waals surface area contributed by atoms with E-state index in [0.717, 1.165) is 0 Å². The lowest BCUT2D eigenvalue weighted by Gasteiger charge is -2.23. The SMILES string of the molecule is O=C(SCCC(F)C(F)(F)C(F)CC(F)F)c1ccccc1. The second-order valence-corrected chi connectivity index (χ2v) is 5.59. The van der Waals surface area contributed by atoms with Crippen molar-refractivity contribution in [2.24, 2.45) is 0 Å². The van der Waals surface area contributed by atoms with Crippen LogP contribution in [0.5, 0.6) is 0 Å². The Kier molecular flexibility index (Phi) is 7.25. The molecule has 2 unspecified atom stereocenters. The van der Waals surface area contributed by atoms with Crippen molar-refractivity contribution in [1.82, 2.24) is 0 Å². The molecule has 8 heteroatoms. The van der Waals surface area contributed by atoms with Crippen molar-refractivity contribution in [2.45, 2.75) is 37.5 Å². The minimum atomic E-state index is -4.49. The minimum Gasteiger partial charge on any atom is -0.282 e. The zero-order valence-corrected chi connectivity index (χ0v) is 12.1. The highest BCUT2D eigenvalue weighted by Gasteiger charge is 2.49. The van der Waals surface area contributed by atoms with Crippen molar-refractivity contribution in [3.63, 3.8) is 0 Å². The van der Waals surface area contributed by atoms with E-state index < -0.39 is 42.6 Å². The summed E-state index contributed by atoms with van der Waals surface area (Å²) in [6.07, 6.45) is -12.0. The van der Waals surface area contributed by atoms with Crippen molar-refractivity contribution in [3.05, 3.63) is 35.9 Å². The first-order chi connectivity index (χ1) is 10.2. The molecule has 0 saturated carbocycles. The quantitative estimate of drug-likeness (QED) is 0.623. The van der Waals surface area contributed by atoms with Crippen LogP contribution in [0.15, 0.2) is 30.3 Å². The van der Waals surface area contributed by atoms with E-state index in [0.29, 0.717) is 17.3 Å². The lowest BCUT2D eigenvalue weighted by molar-refractivity contribution is -0.138. The number of thioether (sulfide) groups is 1. The lowest BCUT2D eigenvalue weighted by atomic mass is 10.0. The van der Waals surface area contributed by atoms with Crippen LogP contribution in [0.25, 0.3) is 0 Å². The van der Waals surface area contributed by atoms with Crippen LogP contribution in [-0.4, -0.2) is 35.6 Å². The number of alkyl halides is 6. The highest BCUT2D eigenvalue weighted by Crippen LogP contribution is 2.33. The molecule has 0 heterocycles. The molecule has 1 rings (SSSR count). The van der Waals surface area contributed by atoms with E-state index >= 15 is 0 Å². The number of halogens is 6. The van der Waals surface area contributed by atoms with Crippen molar-refractivity contribution in [2.75, 3.05) is 5.75 Å². The molecule has 1 aromatic carbocycles. The Morgan fingerprint density at radius 1 is 1.05 bits per heavy atom. The second-order valence-electron chi connectivity index (χ2n) is 4.53. The summed E-state index contributed by atoms with van der Waals surface area (Å²) >= 11 is 0.617. The first-order valence-corrected chi connectivity index (χ1v) is 7.40. The third-order valence-corrected chi connectivity index (χ3v) is 3.77. The van der Waals surface area contributed by atoms with Gasteiger partial charge in [-0.1, -0.05) is 42.1 Å². The van der Waals surface area contributed by atoms with Crippen LogP contribution in [0.3, 0.4) is 0 Å². The fraction of sp³-hybridized carbons (Fsp3) is 0.500. The van der Waals surface area contributed by atoms with Crippen molar-refractivity contribution < 1.29 is 31.1 Å². The molecule has 124 valence electrons. The topological polar surface area (TPSA) is 17.1 Å².